The summed E-state index contributed by atoms with van der Waals surface area (Å²) in [5, 5.41) is 8.05. The number of aromatic nitrogens is 2. The van der Waals surface area contributed by atoms with Gasteiger partial charge in [-0.25, -0.2) is 0 Å². The molecule has 1 aliphatic carbocycles. The van der Waals surface area contributed by atoms with E-state index in [4.69, 9.17) is 9.84 Å². The van der Waals surface area contributed by atoms with Gasteiger partial charge in [-0.2, -0.15) is 5.10 Å². The fourth-order valence-electron chi connectivity index (χ4n) is 3.52. The van der Waals surface area contributed by atoms with Gasteiger partial charge in [0.15, 0.2) is 0 Å². The van der Waals surface area contributed by atoms with Gasteiger partial charge in [0, 0.05) is 19.3 Å². The minimum absolute atomic E-state index is 0.177. The summed E-state index contributed by atoms with van der Waals surface area (Å²) < 4.78 is 8.27. The van der Waals surface area contributed by atoms with Crippen molar-refractivity contribution in [3.63, 3.8) is 0 Å². The maximum Gasteiger partial charge on any atom is 0.0762 e. The topological polar surface area (TPSA) is 39.1 Å². The molecular weight excluding hydrogens is 238 g/mol. The molecular formula is C15H25N3O. The molecule has 4 nitrogen and oxygen atoms in total. The van der Waals surface area contributed by atoms with Crippen LogP contribution >= 0.6 is 0 Å². The van der Waals surface area contributed by atoms with Crippen LogP contribution in [0.5, 0.6) is 0 Å². The molecule has 1 saturated heterocycles. The largest absolute Gasteiger partial charge is 0.375 e. The lowest BCUT2D eigenvalue weighted by molar-refractivity contribution is -0.0910. The summed E-state index contributed by atoms with van der Waals surface area (Å²) in [5.74, 6) is 0. The molecule has 1 N–H and O–H groups in total. The van der Waals surface area contributed by atoms with E-state index in [2.05, 4.69) is 29.2 Å². The van der Waals surface area contributed by atoms with Gasteiger partial charge >= 0.3 is 0 Å². The van der Waals surface area contributed by atoms with Crippen molar-refractivity contribution in [2.24, 2.45) is 0 Å². The first kappa shape index (κ1) is 13.1. The monoisotopic (exact) mass is 263 g/mol. The number of nitrogens with zero attached hydrogens (tertiary/aromatic N) is 2. The highest BCUT2D eigenvalue weighted by molar-refractivity contribution is 5.01. The van der Waals surface area contributed by atoms with Crippen LogP contribution < -0.4 is 5.32 Å². The van der Waals surface area contributed by atoms with Crippen LogP contribution in [-0.2, 0) is 11.3 Å². The summed E-state index contributed by atoms with van der Waals surface area (Å²) in [6, 6.07) is 2.67. The van der Waals surface area contributed by atoms with Crippen LogP contribution in [0.3, 0.4) is 0 Å². The molecule has 1 aromatic rings. The number of nitrogens with one attached hydrogen (secondary N) is 1. The molecule has 1 unspecified atom stereocenters. The van der Waals surface area contributed by atoms with Crippen molar-refractivity contribution in [1.82, 2.24) is 15.1 Å². The summed E-state index contributed by atoms with van der Waals surface area (Å²) >= 11 is 0. The Labute approximate surface area is 115 Å². The van der Waals surface area contributed by atoms with E-state index in [-0.39, 0.29) is 5.60 Å². The molecule has 19 heavy (non-hydrogen) atoms. The normalized spacial score (nSPS) is 26.1. The smallest absolute Gasteiger partial charge is 0.0762 e. The number of rotatable bonds is 4. The molecule has 0 aromatic carbocycles. The fraction of sp³-hybridized carbons (Fsp3) is 0.800. The predicted octanol–water partition coefficient (Wildman–Crippen LogP) is 2.66. The molecule has 2 heterocycles. The minimum atomic E-state index is 0.177. The molecule has 0 radical (unpaired) electrons. The van der Waals surface area contributed by atoms with Gasteiger partial charge in [0.25, 0.3) is 0 Å². The Balaban J connectivity index is 1.66. The standard InChI is InChI=1S/C15H25N3O/c1-2-16-12-13-5-9-18(17-13)14-6-10-19-15(11-14)7-3-4-8-15/h5,9,14,16H,2-4,6-8,10-12H2,1H3. The van der Waals surface area contributed by atoms with E-state index in [9.17, 15) is 0 Å². The van der Waals surface area contributed by atoms with Crippen LogP contribution in [-0.4, -0.2) is 28.5 Å². The van der Waals surface area contributed by atoms with E-state index in [0.717, 1.165) is 38.2 Å². The summed E-state index contributed by atoms with van der Waals surface area (Å²) in [6.07, 6.45) is 9.55. The average molecular weight is 263 g/mol. The van der Waals surface area contributed by atoms with Crippen molar-refractivity contribution in [3.8, 4) is 0 Å². The molecule has 2 fully saturated rings. The molecule has 1 saturated carbocycles. The van der Waals surface area contributed by atoms with Crippen molar-refractivity contribution in [1.29, 1.82) is 0 Å². The van der Waals surface area contributed by atoms with Crippen molar-refractivity contribution in [2.75, 3.05) is 13.2 Å². The van der Waals surface area contributed by atoms with Crippen LogP contribution in [0.1, 0.15) is 57.2 Å². The maximum atomic E-state index is 6.10. The molecule has 2 aliphatic rings. The average Bonchev–Trinajstić information content (AvgIpc) is 3.06. The molecule has 3 rings (SSSR count). The number of hydrogen-bond acceptors (Lipinski definition) is 3. The van der Waals surface area contributed by atoms with Gasteiger partial charge in [-0.3, -0.25) is 4.68 Å². The summed E-state index contributed by atoms with van der Waals surface area (Å²) in [6.45, 7) is 4.89. The van der Waals surface area contributed by atoms with Gasteiger partial charge in [0.2, 0.25) is 0 Å². The summed E-state index contributed by atoms with van der Waals surface area (Å²) in [4.78, 5) is 0. The SMILES string of the molecule is CCNCc1ccn(C2CCOC3(CCCC3)C2)n1. The molecule has 106 valence electrons. The third-order valence-corrected chi connectivity index (χ3v) is 4.58. The van der Waals surface area contributed by atoms with E-state index in [1.165, 1.54) is 25.7 Å². The quantitative estimate of drug-likeness (QED) is 0.907. The van der Waals surface area contributed by atoms with E-state index in [0.29, 0.717) is 6.04 Å². The third kappa shape index (κ3) is 2.84. The summed E-state index contributed by atoms with van der Waals surface area (Å²) in [7, 11) is 0. The van der Waals surface area contributed by atoms with Crippen molar-refractivity contribution in [2.45, 2.75) is 63.6 Å². The van der Waals surface area contributed by atoms with Crippen molar-refractivity contribution in [3.05, 3.63) is 18.0 Å². The molecule has 1 atom stereocenters. The van der Waals surface area contributed by atoms with Gasteiger partial charge in [-0.15, -0.1) is 0 Å². The van der Waals surface area contributed by atoms with Crippen molar-refractivity contribution < 1.29 is 4.74 Å². The first-order valence-electron chi connectivity index (χ1n) is 7.70. The van der Waals surface area contributed by atoms with E-state index in [1.807, 2.05) is 0 Å². The summed E-state index contributed by atoms with van der Waals surface area (Å²) in [5.41, 5.74) is 1.32. The Bertz CT molecular complexity index is 409. The second-order valence-corrected chi connectivity index (χ2v) is 5.95. The van der Waals surface area contributed by atoms with Gasteiger partial charge in [-0.05, 0) is 38.3 Å². The van der Waals surface area contributed by atoms with Gasteiger partial charge in [-0.1, -0.05) is 19.8 Å². The van der Waals surface area contributed by atoms with Crippen molar-refractivity contribution >= 4 is 0 Å². The molecule has 1 spiro atoms. The third-order valence-electron chi connectivity index (χ3n) is 4.58. The van der Waals surface area contributed by atoms with Gasteiger partial charge in [0.1, 0.15) is 0 Å². The Morgan fingerprint density at radius 3 is 3.11 bits per heavy atom. The zero-order valence-electron chi connectivity index (χ0n) is 11.9. The first-order chi connectivity index (χ1) is 9.31. The van der Waals surface area contributed by atoms with Gasteiger partial charge < -0.3 is 10.1 Å². The van der Waals surface area contributed by atoms with Gasteiger partial charge in [0.05, 0.1) is 17.3 Å². The zero-order chi connectivity index (χ0) is 13.1. The maximum absolute atomic E-state index is 6.10. The predicted molar refractivity (Wildman–Crippen MR) is 75.0 cm³/mol. The second-order valence-electron chi connectivity index (χ2n) is 5.95. The molecule has 0 bridgehead atoms. The highest BCUT2D eigenvalue weighted by Crippen LogP contribution is 2.43. The van der Waals surface area contributed by atoms with Crippen LogP contribution in [0, 0.1) is 0 Å². The highest BCUT2D eigenvalue weighted by Gasteiger charge is 2.40. The fourth-order valence-corrected chi connectivity index (χ4v) is 3.52. The number of hydrogen-bond donors (Lipinski definition) is 1. The minimum Gasteiger partial charge on any atom is -0.375 e. The lowest BCUT2D eigenvalue weighted by Crippen LogP contribution is -2.38. The van der Waals surface area contributed by atoms with E-state index < -0.39 is 0 Å². The second kappa shape index (κ2) is 5.63. The Morgan fingerprint density at radius 2 is 2.32 bits per heavy atom. The molecule has 4 heteroatoms. The molecule has 0 amide bonds. The van der Waals surface area contributed by atoms with E-state index in [1.54, 1.807) is 0 Å². The molecule has 1 aliphatic heterocycles. The number of ether oxygens (including phenoxy) is 1. The highest BCUT2D eigenvalue weighted by atomic mass is 16.5. The van der Waals surface area contributed by atoms with Crippen LogP contribution in [0.25, 0.3) is 0 Å². The molecule has 1 aromatic heterocycles. The van der Waals surface area contributed by atoms with E-state index >= 15 is 0 Å². The Kier molecular flexibility index (Phi) is 3.89. The first-order valence-corrected chi connectivity index (χ1v) is 7.70. The zero-order valence-corrected chi connectivity index (χ0v) is 11.9. The lowest BCUT2D eigenvalue weighted by atomic mass is 9.89. The Morgan fingerprint density at radius 1 is 1.47 bits per heavy atom. The van der Waals surface area contributed by atoms with Crippen LogP contribution in [0.4, 0.5) is 0 Å². The Hall–Kier alpha value is -0.870. The lowest BCUT2D eigenvalue weighted by Gasteiger charge is -2.38. The van der Waals surface area contributed by atoms with Crippen LogP contribution in [0.2, 0.25) is 0 Å². The van der Waals surface area contributed by atoms with Crippen LogP contribution in [0.15, 0.2) is 12.3 Å².